The topological polar surface area (TPSA) is 68.2 Å². The van der Waals surface area contributed by atoms with E-state index in [1.807, 2.05) is 12.1 Å². The Hall–Kier alpha value is -2.89. The average Bonchev–Trinajstić information content (AvgIpc) is 2.67. The molecule has 0 unspecified atom stereocenters. The minimum atomic E-state index is -0.330. The van der Waals surface area contributed by atoms with E-state index >= 15 is 0 Å². The Morgan fingerprint density at radius 3 is 2.65 bits per heavy atom. The van der Waals surface area contributed by atoms with Crippen LogP contribution in [0.5, 0.6) is 17.2 Å². The van der Waals surface area contributed by atoms with Gasteiger partial charge in [0.1, 0.15) is 5.75 Å². The highest BCUT2D eigenvalue weighted by Crippen LogP contribution is 2.53. The van der Waals surface area contributed by atoms with E-state index < -0.39 is 0 Å². The molecule has 0 radical (unpaired) electrons. The van der Waals surface area contributed by atoms with Crippen LogP contribution in [0.4, 0.5) is 4.79 Å². The Morgan fingerprint density at radius 2 is 1.96 bits per heavy atom. The quantitative estimate of drug-likeness (QED) is 0.895. The van der Waals surface area contributed by atoms with Crippen molar-refractivity contribution in [3.05, 3.63) is 41.0 Å². The van der Waals surface area contributed by atoms with E-state index in [-0.39, 0.29) is 17.9 Å². The summed E-state index contributed by atoms with van der Waals surface area (Å²) in [6.45, 7) is 0.590. The summed E-state index contributed by atoms with van der Waals surface area (Å²) in [6.07, 6.45) is 1.05. The first kappa shape index (κ1) is 16.6. The Bertz CT molecular complexity index is 892. The number of ether oxygens (including phenoxy) is 3. The molecule has 1 aliphatic carbocycles. The number of benzene rings is 2. The second-order valence-corrected chi connectivity index (χ2v) is 6.53. The number of fused-ring (bicyclic) bond motifs is 2. The van der Waals surface area contributed by atoms with Crippen molar-refractivity contribution in [3.63, 3.8) is 0 Å². The van der Waals surface area contributed by atoms with Gasteiger partial charge in [-0.3, -0.25) is 0 Å². The van der Waals surface area contributed by atoms with Crippen molar-refractivity contribution in [2.45, 2.75) is 18.9 Å². The van der Waals surface area contributed by atoms with Crippen LogP contribution in [0, 0.1) is 0 Å². The number of nitrogens with zero attached hydrogens (tertiary/aromatic N) is 1. The molecule has 4 rings (SSSR count). The van der Waals surface area contributed by atoms with Gasteiger partial charge >= 0.3 is 6.09 Å². The zero-order valence-corrected chi connectivity index (χ0v) is 15.0. The molecule has 1 aliphatic heterocycles. The van der Waals surface area contributed by atoms with Gasteiger partial charge in [-0.15, -0.1) is 0 Å². The van der Waals surface area contributed by atoms with E-state index in [1.54, 1.807) is 31.3 Å². The standard InChI is InChI=1S/C20H21NO5/c1-24-16-9-12-6-7-21(20(23)26-3)15-8-11-4-5-13(22)10-14(11)18(17(12)15)19(16)25-2/h4-5,9-10,15,22H,6-8H2,1-3H3/t15-/m1/s1. The first-order chi connectivity index (χ1) is 12.6. The Labute approximate surface area is 151 Å². The molecule has 0 aromatic heterocycles. The molecule has 2 aromatic carbocycles. The summed E-state index contributed by atoms with van der Waals surface area (Å²) in [4.78, 5) is 14.1. The van der Waals surface area contributed by atoms with Gasteiger partial charge in [0.2, 0.25) is 0 Å². The minimum absolute atomic E-state index is 0.127. The fraction of sp³-hybridized carbons (Fsp3) is 0.350. The third kappa shape index (κ3) is 2.29. The number of hydrogen-bond donors (Lipinski definition) is 1. The molecular formula is C20H21NO5. The van der Waals surface area contributed by atoms with Crippen LogP contribution in [-0.4, -0.2) is 44.0 Å². The molecule has 0 bridgehead atoms. The molecular weight excluding hydrogens is 334 g/mol. The van der Waals surface area contributed by atoms with Crippen molar-refractivity contribution in [2.24, 2.45) is 0 Å². The van der Waals surface area contributed by atoms with E-state index in [9.17, 15) is 9.90 Å². The molecule has 1 heterocycles. The third-order valence-corrected chi connectivity index (χ3v) is 5.31. The maximum Gasteiger partial charge on any atom is 0.410 e. The zero-order valence-electron chi connectivity index (χ0n) is 15.0. The van der Waals surface area contributed by atoms with Crippen molar-refractivity contribution in [1.29, 1.82) is 0 Å². The van der Waals surface area contributed by atoms with Crippen LogP contribution in [-0.2, 0) is 17.6 Å². The predicted molar refractivity (Wildman–Crippen MR) is 95.9 cm³/mol. The molecule has 0 spiro atoms. The smallest absolute Gasteiger partial charge is 0.410 e. The number of carbonyl (C=O) groups is 1. The summed E-state index contributed by atoms with van der Waals surface area (Å²) in [7, 11) is 4.63. The van der Waals surface area contributed by atoms with E-state index in [4.69, 9.17) is 14.2 Å². The summed E-state index contributed by atoms with van der Waals surface area (Å²) < 4.78 is 16.2. The molecule has 0 saturated carbocycles. The Morgan fingerprint density at radius 1 is 1.15 bits per heavy atom. The van der Waals surface area contributed by atoms with Crippen LogP contribution in [0.2, 0.25) is 0 Å². The van der Waals surface area contributed by atoms with E-state index in [0.29, 0.717) is 30.9 Å². The largest absolute Gasteiger partial charge is 0.508 e. The van der Waals surface area contributed by atoms with Crippen molar-refractivity contribution < 1.29 is 24.1 Å². The lowest BCUT2D eigenvalue weighted by molar-refractivity contribution is 0.100. The fourth-order valence-corrected chi connectivity index (χ4v) is 4.20. The number of aromatic hydroxyl groups is 1. The van der Waals surface area contributed by atoms with Gasteiger partial charge in [-0.2, -0.15) is 0 Å². The number of phenols is 1. The van der Waals surface area contributed by atoms with Gasteiger partial charge < -0.3 is 24.2 Å². The highest BCUT2D eigenvalue weighted by atomic mass is 16.5. The third-order valence-electron chi connectivity index (χ3n) is 5.31. The van der Waals surface area contributed by atoms with Gasteiger partial charge in [0.15, 0.2) is 11.5 Å². The molecule has 1 atom stereocenters. The van der Waals surface area contributed by atoms with Crippen LogP contribution in [0.15, 0.2) is 24.3 Å². The maximum absolute atomic E-state index is 12.3. The summed E-state index contributed by atoms with van der Waals surface area (Å²) >= 11 is 0. The monoisotopic (exact) mass is 355 g/mol. The second kappa shape index (κ2) is 6.12. The number of carbonyl (C=O) groups excluding carboxylic acids is 1. The van der Waals surface area contributed by atoms with Crippen LogP contribution in [0.25, 0.3) is 11.1 Å². The van der Waals surface area contributed by atoms with Crippen molar-refractivity contribution >= 4 is 6.09 Å². The van der Waals surface area contributed by atoms with Crippen LogP contribution in [0.3, 0.4) is 0 Å². The molecule has 0 saturated heterocycles. The van der Waals surface area contributed by atoms with Gasteiger partial charge in [0.25, 0.3) is 0 Å². The number of rotatable bonds is 2. The lowest BCUT2D eigenvalue weighted by Crippen LogP contribution is -2.42. The molecule has 1 N–H and O–H groups in total. The lowest BCUT2D eigenvalue weighted by Gasteiger charge is -2.41. The fourth-order valence-electron chi connectivity index (χ4n) is 4.20. The van der Waals surface area contributed by atoms with E-state index in [0.717, 1.165) is 27.8 Å². The van der Waals surface area contributed by atoms with Crippen molar-refractivity contribution in [3.8, 4) is 28.4 Å². The zero-order chi connectivity index (χ0) is 18.4. The molecule has 2 aromatic rings. The summed E-state index contributed by atoms with van der Waals surface area (Å²) in [5.41, 5.74) is 5.04. The normalized spacial score (nSPS) is 17.2. The van der Waals surface area contributed by atoms with Crippen LogP contribution in [0.1, 0.15) is 22.7 Å². The minimum Gasteiger partial charge on any atom is -0.508 e. The average molecular weight is 355 g/mol. The Kier molecular flexibility index (Phi) is 3.90. The van der Waals surface area contributed by atoms with Crippen LogP contribution >= 0.6 is 0 Å². The first-order valence-corrected chi connectivity index (χ1v) is 8.53. The predicted octanol–water partition coefficient (Wildman–Crippen LogP) is 3.30. The molecule has 0 fully saturated rings. The number of phenolic OH excluding ortho intramolecular Hbond substituents is 1. The highest BCUT2D eigenvalue weighted by Gasteiger charge is 2.39. The highest BCUT2D eigenvalue weighted by molar-refractivity contribution is 5.85. The SMILES string of the molecule is COC(=O)N1CCc2cc(OC)c(OC)c3c2[C@H]1Cc1ccc(O)cc1-3. The summed E-state index contributed by atoms with van der Waals surface area (Å²) in [6, 6.07) is 7.18. The van der Waals surface area contributed by atoms with Gasteiger partial charge in [-0.25, -0.2) is 4.79 Å². The van der Waals surface area contributed by atoms with Gasteiger partial charge in [-0.1, -0.05) is 6.07 Å². The first-order valence-electron chi connectivity index (χ1n) is 8.53. The van der Waals surface area contributed by atoms with E-state index in [1.165, 1.54) is 7.11 Å². The number of hydrogen-bond acceptors (Lipinski definition) is 5. The summed E-state index contributed by atoms with van der Waals surface area (Å²) in [5, 5.41) is 10.0. The Balaban J connectivity index is 2.03. The van der Waals surface area contributed by atoms with E-state index in [2.05, 4.69) is 0 Å². The van der Waals surface area contributed by atoms with Crippen LogP contribution < -0.4 is 9.47 Å². The molecule has 2 aliphatic rings. The second-order valence-electron chi connectivity index (χ2n) is 6.53. The maximum atomic E-state index is 12.3. The number of amides is 1. The summed E-state index contributed by atoms with van der Waals surface area (Å²) in [5.74, 6) is 1.47. The molecule has 1 amide bonds. The van der Waals surface area contributed by atoms with Gasteiger partial charge in [0, 0.05) is 12.1 Å². The van der Waals surface area contributed by atoms with Gasteiger partial charge in [-0.05, 0) is 53.3 Å². The molecule has 26 heavy (non-hydrogen) atoms. The molecule has 136 valence electrons. The van der Waals surface area contributed by atoms with Gasteiger partial charge in [0.05, 0.1) is 27.4 Å². The number of methoxy groups -OCH3 is 3. The molecule has 6 nitrogen and oxygen atoms in total. The van der Waals surface area contributed by atoms with Crippen molar-refractivity contribution in [2.75, 3.05) is 27.9 Å². The molecule has 6 heteroatoms. The van der Waals surface area contributed by atoms with Crippen molar-refractivity contribution in [1.82, 2.24) is 4.90 Å². The lowest BCUT2D eigenvalue weighted by atomic mass is 9.76.